The molecule has 6 rings (SSSR count). The van der Waals surface area contributed by atoms with E-state index in [0.29, 0.717) is 35.0 Å². The molecule has 12 nitrogen and oxygen atoms in total. The van der Waals surface area contributed by atoms with Gasteiger partial charge in [-0.1, -0.05) is 37.6 Å². The van der Waals surface area contributed by atoms with Crippen LogP contribution in [0.1, 0.15) is 43.2 Å². The molecular formula is C27H25N7O5S2. The number of aromatic nitrogens is 4. The van der Waals surface area contributed by atoms with E-state index in [1.54, 1.807) is 36.4 Å². The lowest BCUT2D eigenvalue weighted by molar-refractivity contribution is 0.315. The summed E-state index contributed by atoms with van der Waals surface area (Å²) in [6, 6.07) is 15.0. The van der Waals surface area contributed by atoms with Crippen LogP contribution in [0.4, 0.5) is 5.69 Å². The van der Waals surface area contributed by atoms with Crippen LogP contribution < -0.4 is 10.5 Å². The number of rotatable bonds is 7. The van der Waals surface area contributed by atoms with Crippen molar-refractivity contribution >= 4 is 47.8 Å². The highest BCUT2D eigenvalue weighted by Crippen LogP contribution is 2.45. The molecule has 0 amide bonds. The van der Waals surface area contributed by atoms with Crippen LogP contribution in [0, 0.1) is 17.2 Å². The average Bonchev–Trinajstić information content (AvgIpc) is 3.70. The van der Waals surface area contributed by atoms with Gasteiger partial charge in [0, 0.05) is 23.8 Å². The SMILES string of the molecule is CC[C@@H]1CC(c2ccc3nonc3c2S(N)(=O)=O)C[C@@H]1Nc1c(C#N)cnc2c1ccn2S(=O)(=O)c1ccccc1. The molecule has 1 aliphatic rings. The van der Waals surface area contributed by atoms with Gasteiger partial charge in [0.1, 0.15) is 16.5 Å². The number of nitrogens with two attached hydrogens (primary N) is 1. The maximum atomic E-state index is 13.4. The standard InChI is InChI=1S/C27H25N7O5S2/c1-2-16-12-17(20-8-9-22-25(33-39-32-22)26(20)40(29,35)36)13-23(16)31-24-18(14-28)15-30-27-21(24)10-11-34(27)41(37,38)19-6-4-3-5-7-19/h3-11,15-17,23H,2,12-13H2,1H3,(H,30,31)(H2,29,35,36)/t16-,17?,23+/m1/s1. The van der Waals surface area contributed by atoms with Crippen LogP contribution in [0.15, 0.2) is 75.3 Å². The minimum absolute atomic E-state index is 0.0936. The van der Waals surface area contributed by atoms with E-state index in [0.717, 1.165) is 10.4 Å². The summed E-state index contributed by atoms with van der Waals surface area (Å²) < 4.78 is 57.8. The molecule has 1 unspecified atom stereocenters. The number of fused-ring (bicyclic) bond motifs is 2. The quantitative estimate of drug-likeness (QED) is 0.282. The average molecular weight is 592 g/mol. The monoisotopic (exact) mass is 591 g/mol. The highest BCUT2D eigenvalue weighted by molar-refractivity contribution is 7.90. The zero-order valence-electron chi connectivity index (χ0n) is 21.8. The van der Waals surface area contributed by atoms with Crippen LogP contribution in [0.2, 0.25) is 0 Å². The molecule has 14 heteroatoms. The summed E-state index contributed by atoms with van der Waals surface area (Å²) in [5.74, 6) is -0.0675. The molecule has 3 atom stereocenters. The molecule has 5 aromatic rings. The fraction of sp³-hybridized carbons (Fsp3) is 0.259. The summed E-state index contributed by atoms with van der Waals surface area (Å²) in [5.41, 5.74) is 1.87. The van der Waals surface area contributed by atoms with Gasteiger partial charge in [-0.15, -0.1) is 0 Å². The third-order valence-corrected chi connectivity index (χ3v) is 10.5. The predicted octanol–water partition coefficient (Wildman–Crippen LogP) is 3.71. The Balaban J connectivity index is 1.39. The summed E-state index contributed by atoms with van der Waals surface area (Å²) in [7, 11) is -8.06. The first-order valence-corrected chi connectivity index (χ1v) is 15.9. The summed E-state index contributed by atoms with van der Waals surface area (Å²) in [4.78, 5) is 4.35. The maximum absolute atomic E-state index is 13.4. The first kappa shape index (κ1) is 26.9. The molecule has 3 N–H and O–H groups in total. The Morgan fingerprint density at radius 2 is 1.88 bits per heavy atom. The number of nitrogens with zero attached hydrogens (tertiary/aromatic N) is 5. The third-order valence-electron chi connectivity index (χ3n) is 7.79. The second-order valence-electron chi connectivity index (χ2n) is 10.1. The Bertz CT molecular complexity index is 2050. The van der Waals surface area contributed by atoms with Crippen molar-refractivity contribution in [1.82, 2.24) is 19.3 Å². The van der Waals surface area contributed by atoms with Gasteiger partial charge in [-0.25, -0.2) is 35.6 Å². The number of nitriles is 1. The van der Waals surface area contributed by atoms with Crippen molar-refractivity contribution in [2.24, 2.45) is 11.1 Å². The van der Waals surface area contributed by atoms with Gasteiger partial charge in [-0.3, -0.25) is 0 Å². The van der Waals surface area contributed by atoms with Gasteiger partial charge in [0.05, 0.1) is 16.1 Å². The van der Waals surface area contributed by atoms with E-state index in [9.17, 15) is 22.1 Å². The van der Waals surface area contributed by atoms with Crippen LogP contribution in [-0.2, 0) is 20.0 Å². The van der Waals surface area contributed by atoms with Crippen LogP contribution in [0.25, 0.3) is 22.1 Å². The van der Waals surface area contributed by atoms with Crippen molar-refractivity contribution < 1.29 is 21.5 Å². The Morgan fingerprint density at radius 3 is 2.59 bits per heavy atom. The van der Waals surface area contributed by atoms with Gasteiger partial charge in [-0.05, 0) is 64.8 Å². The largest absolute Gasteiger partial charge is 0.380 e. The fourth-order valence-corrected chi connectivity index (χ4v) is 8.16. The summed E-state index contributed by atoms with van der Waals surface area (Å²) in [5, 5.41) is 27.0. The van der Waals surface area contributed by atoms with Gasteiger partial charge in [-0.2, -0.15) is 5.26 Å². The number of pyridine rings is 1. The van der Waals surface area contributed by atoms with E-state index in [4.69, 9.17) is 9.77 Å². The number of anilines is 1. The van der Waals surface area contributed by atoms with E-state index in [-0.39, 0.29) is 44.4 Å². The highest BCUT2D eigenvalue weighted by atomic mass is 32.2. The number of hydrogen-bond donors (Lipinski definition) is 2. The molecule has 0 radical (unpaired) electrons. The van der Waals surface area contributed by atoms with E-state index >= 15 is 0 Å². The molecule has 1 aliphatic carbocycles. The van der Waals surface area contributed by atoms with Crippen molar-refractivity contribution in [2.75, 3.05) is 5.32 Å². The summed E-state index contributed by atoms with van der Waals surface area (Å²) in [6.45, 7) is 2.04. The number of hydrogen-bond acceptors (Lipinski definition) is 10. The van der Waals surface area contributed by atoms with Crippen LogP contribution in [-0.4, -0.2) is 42.1 Å². The van der Waals surface area contributed by atoms with E-state index in [2.05, 4.69) is 26.7 Å². The molecule has 0 bridgehead atoms. The minimum Gasteiger partial charge on any atom is -0.380 e. The van der Waals surface area contributed by atoms with E-state index in [1.807, 2.05) is 6.92 Å². The van der Waals surface area contributed by atoms with E-state index < -0.39 is 20.0 Å². The van der Waals surface area contributed by atoms with Gasteiger partial charge in [0.15, 0.2) is 11.2 Å². The number of nitrogens with one attached hydrogen (secondary N) is 1. The Hall–Kier alpha value is -4.32. The minimum atomic E-state index is -4.14. The second kappa shape index (κ2) is 9.95. The molecule has 2 aromatic carbocycles. The molecule has 0 spiro atoms. The lowest BCUT2D eigenvalue weighted by Gasteiger charge is -2.22. The number of sulfonamides is 1. The Labute approximate surface area is 235 Å². The van der Waals surface area contributed by atoms with Crippen LogP contribution >= 0.6 is 0 Å². The third kappa shape index (κ3) is 4.51. The smallest absolute Gasteiger partial charge is 0.269 e. The summed E-state index contributed by atoms with van der Waals surface area (Å²) >= 11 is 0. The Kier molecular flexibility index (Phi) is 6.52. The molecular weight excluding hydrogens is 566 g/mol. The topological polar surface area (TPSA) is 187 Å². The molecule has 0 aliphatic heterocycles. The molecule has 41 heavy (non-hydrogen) atoms. The first-order chi connectivity index (χ1) is 19.6. The van der Waals surface area contributed by atoms with Gasteiger partial charge < -0.3 is 5.32 Å². The normalized spacial score (nSPS) is 19.5. The maximum Gasteiger partial charge on any atom is 0.269 e. The lowest BCUT2D eigenvalue weighted by Crippen LogP contribution is -2.24. The predicted molar refractivity (Wildman–Crippen MR) is 150 cm³/mol. The van der Waals surface area contributed by atoms with Gasteiger partial charge in [0.2, 0.25) is 10.0 Å². The molecule has 3 heterocycles. The first-order valence-electron chi connectivity index (χ1n) is 12.9. The highest BCUT2D eigenvalue weighted by Gasteiger charge is 2.38. The molecule has 210 valence electrons. The Morgan fingerprint density at radius 1 is 1.10 bits per heavy atom. The number of primary sulfonamides is 1. The van der Waals surface area contributed by atoms with Crippen molar-refractivity contribution in [3.63, 3.8) is 0 Å². The molecule has 1 saturated carbocycles. The lowest BCUT2D eigenvalue weighted by atomic mass is 9.95. The van der Waals surface area contributed by atoms with E-state index in [1.165, 1.54) is 24.5 Å². The van der Waals surface area contributed by atoms with Crippen LogP contribution in [0.5, 0.6) is 0 Å². The van der Waals surface area contributed by atoms with Crippen LogP contribution in [0.3, 0.4) is 0 Å². The van der Waals surface area contributed by atoms with Crippen molar-refractivity contribution in [3.05, 3.63) is 72.1 Å². The molecule has 3 aromatic heterocycles. The van der Waals surface area contributed by atoms with Gasteiger partial charge in [0.25, 0.3) is 10.0 Å². The second-order valence-corrected chi connectivity index (χ2v) is 13.4. The zero-order valence-corrected chi connectivity index (χ0v) is 23.4. The van der Waals surface area contributed by atoms with Crippen molar-refractivity contribution in [3.8, 4) is 6.07 Å². The van der Waals surface area contributed by atoms with Crippen molar-refractivity contribution in [1.29, 1.82) is 5.26 Å². The molecule has 1 fully saturated rings. The van der Waals surface area contributed by atoms with Gasteiger partial charge >= 0.3 is 0 Å². The summed E-state index contributed by atoms with van der Waals surface area (Å²) in [6.07, 6.45) is 4.77. The fourth-order valence-electron chi connectivity index (χ4n) is 5.86. The number of benzene rings is 2. The zero-order chi connectivity index (χ0) is 28.9. The molecule has 0 saturated heterocycles. The van der Waals surface area contributed by atoms with Crippen molar-refractivity contribution in [2.45, 2.75) is 47.9 Å².